The van der Waals surface area contributed by atoms with Gasteiger partial charge >= 0.3 is 0 Å². The summed E-state index contributed by atoms with van der Waals surface area (Å²) in [6, 6.07) is 1.88. The summed E-state index contributed by atoms with van der Waals surface area (Å²) < 4.78 is 2.07. The van der Waals surface area contributed by atoms with Gasteiger partial charge in [0.05, 0.1) is 0 Å². The lowest BCUT2D eigenvalue weighted by Crippen LogP contribution is -2.31. The van der Waals surface area contributed by atoms with Gasteiger partial charge in [-0.25, -0.2) is 0 Å². The predicted octanol–water partition coefficient (Wildman–Crippen LogP) is 1.46. The topological polar surface area (TPSA) is 79.7 Å². The van der Waals surface area contributed by atoms with Crippen LogP contribution in [0.2, 0.25) is 0 Å². The highest BCUT2D eigenvalue weighted by Gasteiger charge is 2.59. The number of nitrogens with one attached hydrogen (secondary N) is 1. The van der Waals surface area contributed by atoms with Crippen LogP contribution >= 0.6 is 0 Å². The van der Waals surface area contributed by atoms with Crippen LogP contribution in [0, 0.1) is 18.8 Å². The van der Waals surface area contributed by atoms with E-state index in [1.54, 1.807) is 0 Å². The molecule has 1 aliphatic heterocycles. The molecule has 2 fully saturated rings. The third-order valence-electron chi connectivity index (χ3n) is 5.34. The molecule has 1 saturated heterocycles. The van der Waals surface area contributed by atoms with E-state index in [4.69, 9.17) is 0 Å². The third-order valence-corrected chi connectivity index (χ3v) is 5.34. The number of rotatable bonds is 3. The molecular weight excluding hydrogens is 292 g/mol. The van der Waals surface area contributed by atoms with E-state index in [1.807, 2.05) is 24.9 Å². The molecule has 122 valence electrons. The molecule has 0 spiro atoms. The Hall–Kier alpha value is -2.18. The Morgan fingerprint density at radius 1 is 1.30 bits per heavy atom. The number of piperidine rings is 1. The second-order valence-electron chi connectivity index (χ2n) is 7.09. The first kappa shape index (κ1) is 14.4. The van der Waals surface area contributed by atoms with Gasteiger partial charge in [0.15, 0.2) is 0 Å². The SMILES string of the molecule is Cc1nnc(C2[C@H]3CN(C(=O)c4cc(C(C)C)[nH]n4)C[C@@H]23)n1C. The molecule has 3 atom stereocenters. The minimum atomic E-state index is 0.0354. The van der Waals surface area contributed by atoms with Crippen LogP contribution in [0.5, 0.6) is 0 Å². The van der Waals surface area contributed by atoms with Gasteiger partial charge < -0.3 is 9.47 Å². The van der Waals surface area contributed by atoms with Crippen molar-refractivity contribution in [1.82, 2.24) is 29.9 Å². The highest BCUT2D eigenvalue weighted by Crippen LogP contribution is 2.57. The Morgan fingerprint density at radius 3 is 2.52 bits per heavy atom. The van der Waals surface area contributed by atoms with Crippen molar-refractivity contribution in [2.24, 2.45) is 18.9 Å². The van der Waals surface area contributed by atoms with Crippen LogP contribution < -0.4 is 0 Å². The van der Waals surface area contributed by atoms with Crippen molar-refractivity contribution in [2.45, 2.75) is 32.6 Å². The van der Waals surface area contributed by atoms with E-state index in [0.29, 0.717) is 29.4 Å². The van der Waals surface area contributed by atoms with Crippen molar-refractivity contribution in [3.05, 3.63) is 29.1 Å². The number of fused-ring (bicyclic) bond motifs is 1. The predicted molar refractivity (Wildman–Crippen MR) is 84.0 cm³/mol. The lowest BCUT2D eigenvalue weighted by Gasteiger charge is -2.18. The molecule has 4 rings (SSSR count). The van der Waals surface area contributed by atoms with Crippen LogP contribution in [-0.2, 0) is 7.05 Å². The van der Waals surface area contributed by atoms with Gasteiger partial charge in [-0.2, -0.15) is 5.10 Å². The van der Waals surface area contributed by atoms with Crippen LogP contribution in [0.3, 0.4) is 0 Å². The number of hydrogen-bond donors (Lipinski definition) is 1. The summed E-state index contributed by atoms with van der Waals surface area (Å²) in [6.07, 6.45) is 0. The van der Waals surface area contributed by atoms with Gasteiger partial charge in [-0.05, 0) is 30.7 Å². The number of likely N-dealkylation sites (tertiary alicyclic amines) is 1. The zero-order valence-corrected chi connectivity index (χ0v) is 13.9. The summed E-state index contributed by atoms with van der Waals surface area (Å²) in [4.78, 5) is 14.5. The van der Waals surface area contributed by atoms with Crippen LogP contribution in [0.1, 0.15) is 53.5 Å². The molecule has 1 saturated carbocycles. The average Bonchev–Trinajstić information content (AvgIpc) is 3.00. The molecular formula is C16H22N6O. The smallest absolute Gasteiger partial charge is 0.274 e. The average molecular weight is 314 g/mol. The summed E-state index contributed by atoms with van der Waals surface area (Å²) in [5.41, 5.74) is 1.53. The van der Waals surface area contributed by atoms with E-state index < -0.39 is 0 Å². The van der Waals surface area contributed by atoms with Crippen molar-refractivity contribution >= 4 is 5.91 Å². The van der Waals surface area contributed by atoms with E-state index in [9.17, 15) is 4.79 Å². The number of aromatic nitrogens is 5. The fourth-order valence-corrected chi connectivity index (χ4v) is 3.69. The largest absolute Gasteiger partial charge is 0.337 e. The number of aryl methyl sites for hydroxylation is 1. The van der Waals surface area contributed by atoms with Crippen LogP contribution in [-0.4, -0.2) is 48.9 Å². The quantitative estimate of drug-likeness (QED) is 0.930. The van der Waals surface area contributed by atoms with Crippen molar-refractivity contribution in [1.29, 1.82) is 0 Å². The molecule has 1 N–H and O–H groups in total. The number of aromatic amines is 1. The van der Waals surface area contributed by atoms with E-state index >= 15 is 0 Å². The molecule has 7 nitrogen and oxygen atoms in total. The van der Waals surface area contributed by atoms with E-state index in [1.165, 1.54) is 0 Å². The first-order valence-corrected chi connectivity index (χ1v) is 8.17. The molecule has 2 aromatic heterocycles. The maximum absolute atomic E-state index is 12.6. The molecule has 2 aliphatic rings. The van der Waals surface area contributed by atoms with Gasteiger partial charge in [0.2, 0.25) is 0 Å². The van der Waals surface area contributed by atoms with Gasteiger partial charge in [0.1, 0.15) is 17.3 Å². The number of carbonyl (C=O) groups is 1. The standard InChI is InChI=1S/C16H22N6O/c1-8(2)12-5-13(19-18-12)16(23)22-6-10-11(7-22)14(10)15-20-17-9(3)21(15)4/h5,8,10-11,14H,6-7H2,1-4H3,(H,18,19)/t10-,11+,14?. The molecule has 1 unspecified atom stereocenters. The third kappa shape index (κ3) is 2.17. The maximum Gasteiger partial charge on any atom is 0.274 e. The highest BCUT2D eigenvalue weighted by molar-refractivity contribution is 5.92. The molecule has 0 aromatic carbocycles. The molecule has 7 heteroatoms. The molecule has 0 radical (unpaired) electrons. The lowest BCUT2D eigenvalue weighted by atomic mass is 10.1. The van der Waals surface area contributed by atoms with Crippen molar-refractivity contribution in [3.63, 3.8) is 0 Å². The fourth-order valence-electron chi connectivity index (χ4n) is 3.69. The molecule has 1 aliphatic carbocycles. The highest BCUT2D eigenvalue weighted by atomic mass is 16.2. The van der Waals surface area contributed by atoms with Crippen LogP contribution in [0.25, 0.3) is 0 Å². The minimum absolute atomic E-state index is 0.0354. The second kappa shape index (κ2) is 4.91. The number of amides is 1. The van der Waals surface area contributed by atoms with E-state index in [2.05, 4.69) is 38.8 Å². The minimum Gasteiger partial charge on any atom is -0.337 e. The van der Waals surface area contributed by atoms with Crippen molar-refractivity contribution < 1.29 is 4.79 Å². The van der Waals surface area contributed by atoms with Crippen LogP contribution in [0.4, 0.5) is 0 Å². The van der Waals surface area contributed by atoms with Gasteiger partial charge in [-0.15, -0.1) is 10.2 Å². The summed E-state index contributed by atoms with van der Waals surface area (Å²) in [6.45, 7) is 7.73. The van der Waals surface area contributed by atoms with Gasteiger partial charge in [0.25, 0.3) is 5.91 Å². The summed E-state index contributed by atoms with van der Waals surface area (Å²) in [5, 5.41) is 15.6. The molecule has 3 heterocycles. The summed E-state index contributed by atoms with van der Waals surface area (Å²) in [7, 11) is 2.01. The first-order chi connectivity index (χ1) is 11.0. The Labute approximate surface area is 135 Å². The molecule has 23 heavy (non-hydrogen) atoms. The van der Waals surface area contributed by atoms with Crippen molar-refractivity contribution in [3.8, 4) is 0 Å². The number of carbonyl (C=O) groups excluding carboxylic acids is 1. The maximum atomic E-state index is 12.6. The Bertz CT molecular complexity index is 748. The normalized spacial score (nSPS) is 26.0. The van der Waals surface area contributed by atoms with Gasteiger partial charge in [-0.3, -0.25) is 9.89 Å². The van der Waals surface area contributed by atoms with Crippen molar-refractivity contribution in [2.75, 3.05) is 13.1 Å². The Morgan fingerprint density at radius 2 is 2.00 bits per heavy atom. The zero-order chi connectivity index (χ0) is 16.3. The molecule has 1 amide bonds. The molecule has 0 bridgehead atoms. The zero-order valence-electron chi connectivity index (χ0n) is 13.9. The number of hydrogen-bond acceptors (Lipinski definition) is 4. The number of H-pyrrole nitrogens is 1. The summed E-state index contributed by atoms with van der Waals surface area (Å²) in [5.74, 6) is 3.88. The van der Waals surface area contributed by atoms with E-state index in [0.717, 1.165) is 30.4 Å². The number of nitrogens with zero attached hydrogens (tertiary/aromatic N) is 5. The first-order valence-electron chi connectivity index (χ1n) is 8.17. The Kier molecular flexibility index (Phi) is 3.08. The fraction of sp³-hybridized carbons (Fsp3) is 0.625. The monoisotopic (exact) mass is 314 g/mol. The van der Waals surface area contributed by atoms with Crippen LogP contribution in [0.15, 0.2) is 6.07 Å². The Balaban J connectivity index is 1.43. The van der Waals surface area contributed by atoms with E-state index in [-0.39, 0.29) is 5.91 Å². The second-order valence-corrected chi connectivity index (χ2v) is 7.09. The lowest BCUT2D eigenvalue weighted by molar-refractivity contribution is 0.0766. The van der Waals surface area contributed by atoms with Gasteiger partial charge in [-0.1, -0.05) is 13.8 Å². The molecule has 2 aromatic rings. The van der Waals surface area contributed by atoms with Gasteiger partial charge in [0, 0.05) is 31.7 Å². The summed E-state index contributed by atoms with van der Waals surface area (Å²) >= 11 is 0.